The number of anilines is 2. The van der Waals surface area contributed by atoms with Crippen LogP contribution in [-0.2, 0) is 0 Å². The minimum atomic E-state index is 0.468. The van der Waals surface area contributed by atoms with E-state index < -0.39 is 0 Å². The van der Waals surface area contributed by atoms with Gasteiger partial charge in [-0.25, -0.2) is 9.97 Å². The predicted octanol–water partition coefficient (Wildman–Crippen LogP) is 2.40. The van der Waals surface area contributed by atoms with Crippen molar-refractivity contribution in [3.63, 3.8) is 0 Å². The maximum absolute atomic E-state index is 4.71. The third-order valence-electron chi connectivity index (χ3n) is 4.12. The molecule has 112 valence electrons. The summed E-state index contributed by atoms with van der Waals surface area (Å²) in [4.78, 5) is 11.6. The van der Waals surface area contributed by atoms with E-state index in [0.29, 0.717) is 6.04 Å². The lowest BCUT2D eigenvalue weighted by atomic mass is 10.1. The van der Waals surface area contributed by atoms with Crippen LogP contribution in [0, 0.1) is 13.8 Å². The first-order valence-corrected chi connectivity index (χ1v) is 7.48. The van der Waals surface area contributed by atoms with Crippen LogP contribution in [0.1, 0.15) is 17.7 Å². The second-order valence-corrected chi connectivity index (χ2v) is 5.98. The SMILES string of the molecule is CNc1cc(NC2CCN(C)C2)nc2nc(C)cc(C)c12. The van der Waals surface area contributed by atoms with Gasteiger partial charge in [0.15, 0.2) is 5.65 Å². The Labute approximate surface area is 125 Å². The number of nitrogens with zero attached hydrogens (tertiary/aromatic N) is 3. The predicted molar refractivity (Wildman–Crippen MR) is 88.1 cm³/mol. The van der Waals surface area contributed by atoms with Gasteiger partial charge in [0.25, 0.3) is 0 Å². The highest BCUT2D eigenvalue weighted by Gasteiger charge is 2.20. The molecule has 1 aliphatic rings. The molecule has 1 aliphatic heterocycles. The lowest BCUT2D eigenvalue weighted by Crippen LogP contribution is -2.24. The molecule has 2 aromatic rings. The fourth-order valence-corrected chi connectivity index (χ4v) is 3.12. The van der Waals surface area contributed by atoms with Crippen molar-refractivity contribution in [1.82, 2.24) is 14.9 Å². The van der Waals surface area contributed by atoms with E-state index in [1.807, 2.05) is 14.0 Å². The third kappa shape index (κ3) is 2.78. The molecule has 3 heterocycles. The fraction of sp³-hybridized carbons (Fsp3) is 0.500. The molecule has 0 radical (unpaired) electrons. The monoisotopic (exact) mass is 285 g/mol. The summed E-state index contributed by atoms with van der Waals surface area (Å²) < 4.78 is 0. The number of rotatable bonds is 3. The van der Waals surface area contributed by atoms with Crippen molar-refractivity contribution in [3.8, 4) is 0 Å². The van der Waals surface area contributed by atoms with Crippen molar-refractivity contribution < 1.29 is 0 Å². The summed E-state index contributed by atoms with van der Waals surface area (Å²) in [7, 11) is 4.10. The number of nitrogens with one attached hydrogen (secondary N) is 2. The number of hydrogen-bond acceptors (Lipinski definition) is 5. The Morgan fingerprint density at radius 1 is 1.24 bits per heavy atom. The summed E-state index contributed by atoms with van der Waals surface area (Å²) >= 11 is 0. The standard InChI is InChI=1S/C16H23N5/c1-10-7-11(2)18-16-15(10)13(17-3)8-14(20-16)19-12-5-6-21(4)9-12/h7-8,12H,5-6,9H2,1-4H3,(H2,17,18,19,20). The van der Waals surface area contributed by atoms with Gasteiger partial charge >= 0.3 is 0 Å². The first-order valence-electron chi connectivity index (χ1n) is 7.48. The highest BCUT2D eigenvalue weighted by Crippen LogP contribution is 2.28. The molecule has 5 nitrogen and oxygen atoms in total. The zero-order valence-corrected chi connectivity index (χ0v) is 13.2. The molecular formula is C16H23N5. The summed E-state index contributed by atoms with van der Waals surface area (Å²) in [6.07, 6.45) is 1.16. The van der Waals surface area contributed by atoms with Gasteiger partial charge in [0.05, 0.1) is 0 Å². The third-order valence-corrected chi connectivity index (χ3v) is 4.12. The average Bonchev–Trinajstić information content (AvgIpc) is 2.82. The Balaban J connectivity index is 2.00. The number of likely N-dealkylation sites (N-methyl/N-ethyl adjacent to an activating group) is 1. The highest BCUT2D eigenvalue weighted by molar-refractivity contribution is 5.93. The lowest BCUT2D eigenvalue weighted by molar-refractivity contribution is 0.414. The molecule has 0 saturated carbocycles. The average molecular weight is 285 g/mol. The molecule has 0 spiro atoms. The second kappa shape index (κ2) is 5.48. The molecule has 2 N–H and O–H groups in total. The molecule has 21 heavy (non-hydrogen) atoms. The van der Waals surface area contributed by atoms with Crippen LogP contribution in [0.4, 0.5) is 11.5 Å². The van der Waals surface area contributed by atoms with Gasteiger partial charge < -0.3 is 15.5 Å². The molecule has 5 heteroatoms. The highest BCUT2D eigenvalue weighted by atomic mass is 15.2. The minimum absolute atomic E-state index is 0.468. The number of hydrogen-bond donors (Lipinski definition) is 2. The number of aryl methyl sites for hydroxylation is 2. The van der Waals surface area contributed by atoms with Gasteiger partial charge in [0, 0.05) is 42.5 Å². The second-order valence-electron chi connectivity index (χ2n) is 5.98. The van der Waals surface area contributed by atoms with Crippen LogP contribution >= 0.6 is 0 Å². The topological polar surface area (TPSA) is 53.1 Å². The maximum Gasteiger partial charge on any atom is 0.164 e. The largest absolute Gasteiger partial charge is 0.387 e. The minimum Gasteiger partial charge on any atom is -0.387 e. The van der Waals surface area contributed by atoms with Gasteiger partial charge in [0.2, 0.25) is 0 Å². The molecule has 1 unspecified atom stereocenters. The van der Waals surface area contributed by atoms with Crippen LogP contribution in [0.2, 0.25) is 0 Å². The summed E-state index contributed by atoms with van der Waals surface area (Å²) in [6, 6.07) is 4.66. The van der Waals surface area contributed by atoms with Gasteiger partial charge in [-0.05, 0) is 45.5 Å². The van der Waals surface area contributed by atoms with E-state index in [4.69, 9.17) is 4.98 Å². The summed E-state index contributed by atoms with van der Waals surface area (Å²) in [5.41, 5.74) is 4.11. The van der Waals surface area contributed by atoms with E-state index in [2.05, 4.69) is 46.6 Å². The summed E-state index contributed by atoms with van der Waals surface area (Å²) in [6.45, 7) is 6.33. The van der Waals surface area contributed by atoms with Gasteiger partial charge in [-0.3, -0.25) is 0 Å². The summed E-state index contributed by atoms with van der Waals surface area (Å²) in [5.74, 6) is 0.907. The van der Waals surface area contributed by atoms with Gasteiger partial charge in [-0.15, -0.1) is 0 Å². The quantitative estimate of drug-likeness (QED) is 0.907. The van der Waals surface area contributed by atoms with Gasteiger partial charge in [0.1, 0.15) is 5.82 Å². The van der Waals surface area contributed by atoms with Crippen LogP contribution < -0.4 is 10.6 Å². The zero-order valence-electron chi connectivity index (χ0n) is 13.2. The van der Waals surface area contributed by atoms with Gasteiger partial charge in [-0.1, -0.05) is 0 Å². The molecule has 2 aromatic heterocycles. The molecule has 0 aromatic carbocycles. The lowest BCUT2D eigenvalue weighted by Gasteiger charge is -2.16. The van der Waals surface area contributed by atoms with Crippen molar-refractivity contribution in [2.75, 3.05) is 37.8 Å². The molecular weight excluding hydrogens is 262 g/mol. The van der Waals surface area contributed by atoms with Crippen LogP contribution in [0.5, 0.6) is 0 Å². The van der Waals surface area contributed by atoms with Crippen molar-refractivity contribution in [2.24, 2.45) is 0 Å². The maximum atomic E-state index is 4.71. The Morgan fingerprint density at radius 3 is 2.71 bits per heavy atom. The van der Waals surface area contributed by atoms with Crippen LogP contribution in [0.15, 0.2) is 12.1 Å². The molecule has 0 bridgehead atoms. The Morgan fingerprint density at radius 2 is 2.05 bits per heavy atom. The van der Waals surface area contributed by atoms with Crippen molar-refractivity contribution >= 4 is 22.5 Å². The van der Waals surface area contributed by atoms with Crippen molar-refractivity contribution in [3.05, 3.63) is 23.4 Å². The summed E-state index contributed by atoms with van der Waals surface area (Å²) in [5, 5.41) is 7.93. The Bertz CT molecular complexity index is 667. The zero-order chi connectivity index (χ0) is 15.0. The Hall–Kier alpha value is -1.88. The van der Waals surface area contributed by atoms with Crippen LogP contribution in [0.3, 0.4) is 0 Å². The molecule has 0 amide bonds. The molecule has 1 fully saturated rings. The molecule has 1 saturated heterocycles. The molecule has 0 aliphatic carbocycles. The van der Waals surface area contributed by atoms with E-state index >= 15 is 0 Å². The molecule has 1 atom stereocenters. The van der Waals surface area contributed by atoms with Crippen molar-refractivity contribution in [1.29, 1.82) is 0 Å². The van der Waals surface area contributed by atoms with Crippen LogP contribution in [0.25, 0.3) is 11.0 Å². The number of aromatic nitrogens is 2. The van der Waals surface area contributed by atoms with Crippen LogP contribution in [-0.4, -0.2) is 48.1 Å². The first-order chi connectivity index (χ1) is 10.1. The number of pyridine rings is 2. The van der Waals surface area contributed by atoms with E-state index in [1.54, 1.807) is 0 Å². The van der Waals surface area contributed by atoms with E-state index in [0.717, 1.165) is 47.7 Å². The van der Waals surface area contributed by atoms with Gasteiger partial charge in [-0.2, -0.15) is 0 Å². The van der Waals surface area contributed by atoms with E-state index in [9.17, 15) is 0 Å². The molecule has 3 rings (SSSR count). The number of likely N-dealkylation sites (tertiary alicyclic amines) is 1. The van der Waals surface area contributed by atoms with E-state index in [-0.39, 0.29) is 0 Å². The van der Waals surface area contributed by atoms with Crippen molar-refractivity contribution in [2.45, 2.75) is 26.3 Å². The normalized spacial score (nSPS) is 19.1. The number of fused-ring (bicyclic) bond motifs is 1. The fourth-order valence-electron chi connectivity index (χ4n) is 3.12. The first kappa shape index (κ1) is 14.1. The van der Waals surface area contributed by atoms with E-state index in [1.165, 1.54) is 5.56 Å². The smallest absolute Gasteiger partial charge is 0.164 e. The Kier molecular flexibility index (Phi) is 3.68.